The van der Waals surface area contributed by atoms with Crippen molar-refractivity contribution < 1.29 is 23.2 Å². The second kappa shape index (κ2) is 7.22. The first-order valence-corrected chi connectivity index (χ1v) is 10.4. The molecule has 1 aliphatic carbocycles. The fourth-order valence-electron chi connectivity index (χ4n) is 4.48. The van der Waals surface area contributed by atoms with Crippen LogP contribution < -0.4 is 5.32 Å². The van der Waals surface area contributed by atoms with E-state index >= 15 is 0 Å². The van der Waals surface area contributed by atoms with Gasteiger partial charge in [-0.3, -0.25) is 14.5 Å². The van der Waals surface area contributed by atoms with E-state index in [9.17, 15) is 23.2 Å². The monoisotopic (exact) mass is 438 g/mol. The van der Waals surface area contributed by atoms with E-state index < -0.39 is 48.6 Å². The van der Waals surface area contributed by atoms with Gasteiger partial charge in [0.2, 0.25) is 5.92 Å². The molecule has 5 rings (SSSR count). The topological polar surface area (TPSA) is 95.2 Å². The third-order valence-electron chi connectivity index (χ3n) is 6.36. The van der Waals surface area contributed by atoms with Crippen LogP contribution in [0.2, 0.25) is 0 Å². The lowest BCUT2D eigenvalue weighted by molar-refractivity contribution is -0.135. The van der Waals surface area contributed by atoms with Crippen molar-refractivity contribution in [3.8, 4) is 11.1 Å². The minimum atomic E-state index is -2.83. The second-order valence-corrected chi connectivity index (χ2v) is 8.36. The van der Waals surface area contributed by atoms with E-state index in [-0.39, 0.29) is 12.8 Å². The van der Waals surface area contributed by atoms with Gasteiger partial charge in [0.05, 0.1) is 6.54 Å². The Morgan fingerprint density at radius 2 is 1.75 bits per heavy atom. The zero-order chi connectivity index (χ0) is 22.5. The minimum absolute atomic E-state index is 0.135. The first-order chi connectivity index (χ1) is 15.3. The Balaban J connectivity index is 1.32. The first-order valence-electron chi connectivity index (χ1n) is 10.4. The second-order valence-electron chi connectivity index (χ2n) is 8.36. The molecule has 3 aromatic rings. The zero-order valence-corrected chi connectivity index (χ0v) is 17.0. The highest BCUT2D eigenvalue weighted by atomic mass is 19.3. The smallest absolute Gasteiger partial charge is 0.325 e. The highest BCUT2D eigenvalue weighted by Gasteiger charge is 2.55. The number of alkyl halides is 2. The van der Waals surface area contributed by atoms with E-state index in [1.165, 1.54) is 0 Å². The number of urea groups is 1. The largest absolute Gasteiger partial charge is 0.346 e. The number of aromatic amines is 1. The van der Waals surface area contributed by atoms with Gasteiger partial charge in [-0.15, -0.1) is 0 Å². The van der Waals surface area contributed by atoms with Crippen molar-refractivity contribution in [2.75, 3.05) is 6.54 Å². The van der Waals surface area contributed by atoms with Crippen molar-refractivity contribution in [1.82, 2.24) is 20.2 Å². The summed E-state index contributed by atoms with van der Waals surface area (Å²) in [5.74, 6) is -3.84. The summed E-state index contributed by atoms with van der Waals surface area (Å²) in [7, 11) is 0. The van der Waals surface area contributed by atoms with E-state index in [0.29, 0.717) is 5.56 Å². The molecule has 3 heterocycles. The number of ketones is 1. The lowest BCUT2D eigenvalue weighted by Crippen LogP contribution is -2.51. The number of benzene rings is 1. The molecule has 2 aliphatic rings. The molecule has 0 atom stereocenters. The summed E-state index contributed by atoms with van der Waals surface area (Å²) in [6, 6.07) is 9.98. The third kappa shape index (κ3) is 3.34. The van der Waals surface area contributed by atoms with Gasteiger partial charge in [0, 0.05) is 36.2 Å². The number of fused-ring (bicyclic) bond motifs is 1. The van der Waals surface area contributed by atoms with Crippen LogP contribution in [0, 0.1) is 0 Å². The van der Waals surface area contributed by atoms with Crippen molar-refractivity contribution in [3.63, 3.8) is 0 Å². The van der Waals surface area contributed by atoms with Crippen LogP contribution in [0.5, 0.6) is 0 Å². The number of amides is 3. The Labute approximate surface area is 181 Å². The van der Waals surface area contributed by atoms with Gasteiger partial charge in [-0.25, -0.2) is 18.6 Å². The van der Waals surface area contributed by atoms with Crippen molar-refractivity contribution in [2.24, 2.45) is 0 Å². The predicted octanol–water partition coefficient (Wildman–Crippen LogP) is 3.91. The summed E-state index contributed by atoms with van der Waals surface area (Å²) in [5, 5.41) is 3.50. The molecule has 1 aromatic carbocycles. The van der Waals surface area contributed by atoms with Crippen LogP contribution in [0.3, 0.4) is 0 Å². The number of hydrogen-bond donors (Lipinski definition) is 2. The number of nitrogens with one attached hydrogen (secondary N) is 2. The summed E-state index contributed by atoms with van der Waals surface area (Å²) in [6.07, 6.45) is 2.30. The number of carbonyl (C=O) groups is 3. The molecular weight excluding hydrogens is 418 g/mol. The van der Waals surface area contributed by atoms with Crippen LogP contribution in [0.15, 0.2) is 48.8 Å². The van der Waals surface area contributed by atoms with Crippen LogP contribution in [0.25, 0.3) is 22.2 Å². The summed E-state index contributed by atoms with van der Waals surface area (Å²) >= 11 is 0. The molecule has 2 aromatic heterocycles. The standard InChI is InChI=1S/C23H20F2N4O3/c24-23(25)9-7-22(8-10-23)20(31)29(21(32)28-22)13-18(30)15-3-1-14(2-4-15)16-5-11-26-19-17(16)6-12-27-19/h1-6,11-12H,7-10,13H2,(H,26,27)(H,28,32). The number of hydrogen-bond acceptors (Lipinski definition) is 4. The Hall–Kier alpha value is -3.62. The van der Waals surface area contributed by atoms with Crippen molar-refractivity contribution in [3.05, 3.63) is 54.4 Å². The predicted molar refractivity (Wildman–Crippen MR) is 112 cm³/mol. The number of rotatable bonds is 4. The normalized spacial score (nSPS) is 19.5. The molecule has 9 heteroatoms. The highest BCUT2D eigenvalue weighted by molar-refractivity contribution is 6.11. The van der Waals surface area contributed by atoms with Gasteiger partial charge in [0.15, 0.2) is 5.78 Å². The van der Waals surface area contributed by atoms with Crippen molar-refractivity contribution in [2.45, 2.75) is 37.1 Å². The maximum Gasteiger partial charge on any atom is 0.325 e. The van der Waals surface area contributed by atoms with Crippen LogP contribution in [0.1, 0.15) is 36.0 Å². The Bertz CT molecular complexity index is 1230. The van der Waals surface area contributed by atoms with E-state index in [2.05, 4.69) is 15.3 Å². The molecule has 32 heavy (non-hydrogen) atoms. The Morgan fingerprint density at radius 3 is 2.47 bits per heavy atom. The molecule has 1 saturated carbocycles. The van der Waals surface area contributed by atoms with Gasteiger partial charge in [-0.2, -0.15) is 0 Å². The molecule has 2 fully saturated rings. The maximum absolute atomic E-state index is 13.5. The molecule has 1 aliphatic heterocycles. The van der Waals surface area contributed by atoms with Gasteiger partial charge >= 0.3 is 6.03 Å². The van der Waals surface area contributed by atoms with E-state index in [1.807, 2.05) is 12.1 Å². The quantitative estimate of drug-likeness (QED) is 0.477. The van der Waals surface area contributed by atoms with E-state index in [4.69, 9.17) is 0 Å². The van der Waals surface area contributed by atoms with Gasteiger partial charge in [0.25, 0.3) is 5.91 Å². The number of imide groups is 1. The molecular formula is C23H20F2N4O3. The Kier molecular flexibility index (Phi) is 4.58. The summed E-state index contributed by atoms with van der Waals surface area (Å²) < 4.78 is 27.0. The molecule has 2 N–H and O–H groups in total. The van der Waals surface area contributed by atoms with E-state index in [0.717, 1.165) is 27.1 Å². The average molecular weight is 438 g/mol. The zero-order valence-electron chi connectivity index (χ0n) is 17.0. The molecule has 0 radical (unpaired) electrons. The molecule has 0 unspecified atom stereocenters. The van der Waals surface area contributed by atoms with Crippen LogP contribution in [0.4, 0.5) is 13.6 Å². The van der Waals surface area contributed by atoms with E-state index in [1.54, 1.807) is 36.7 Å². The molecule has 3 amide bonds. The fourth-order valence-corrected chi connectivity index (χ4v) is 4.48. The highest BCUT2D eigenvalue weighted by Crippen LogP contribution is 2.41. The maximum atomic E-state index is 13.5. The number of halogens is 2. The summed E-state index contributed by atoms with van der Waals surface area (Å²) in [5.41, 5.74) is 1.64. The van der Waals surface area contributed by atoms with Gasteiger partial charge in [0.1, 0.15) is 11.2 Å². The minimum Gasteiger partial charge on any atom is -0.346 e. The average Bonchev–Trinajstić information content (AvgIpc) is 3.35. The number of carbonyl (C=O) groups excluding carboxylic acids is 3. The summed E-state index contributed by atoms with van der Waals surface area (Å²) in [6.45, 7) is -0.431. The Morgan fingerprint density at radius 1 is 1.03 bits per heavy atom. The first kappa shape index (κ1) is 20.3. The van der Waals surface area contributed by atoms with Crippen molar-refractivity contribution >= 4 is 28.8 Å². The lowest BCUT2D eigenvalue weighted by Gasteiger charge is -2.34. The number of Topliss-reactive ketones (excluding diaryl/α,β-unsaturated/α-hetero) is 1. The third-order valence-corrected chi connectivity index (χ3v) is 6.36. The molecule has 7 nitrogen and oxygen atoms in total. The van der Waals surface area contributed by atoms with Crippen LogP contribution in [-0.2, 0) is 4.79 Å². The molecule has 1 saturated heterocycles. The number of H-pyrrole nitrogens is 1. The molecule has 0 bridgehead atoms. The van der Waals surface area contributed by atoms with Gasteiger partial charge in [-0.1, -0.05) is 24.3 Å². The number of nitrogens with zero attached hydrogens (tertiary/aromatic N) is 2. The molecule has 1 spiro atoms. The fraction of sp³-hybridized carbons (Fsp3) is 0.304. The lowest BCUT2D eigenvalue weighted by atomic mass is 9.80. The SMILES string of the molecule is O=C(CN1C(=O)NC2(CCC(F)(F)CC2)C1=O)c1ccc(-c2ccnc3[nH]ccc23)cc1. The van der Waals surface area contributed by atoms with Crippen molar-refractivity contribution in [1.29, 1.82) is 0 Å². The summed E-state index contributed by atoms with van der Waals surface area (Å²) in [4.78, 5) is 46.1. The van der Waals surface area contributed by atoms with Crippen LogP contribution in [-0.4, -0.2) is 50.6 Å². The number of aromatic nitrogens is 2. The van der Waals surface area contributed by atoms with Gasteiger partial charge < -0.3 is 10.3 Å². The number of pyridine rings is 1. The van der Waals surface area contributed by atoms with Crippen LogP contribution >= 0.6 is 0 Å². The van der Waals surface area contributed by atoms with Gasteiger partial charge in [-0.05, 0) is 36.1 Å². The molecule has 164 valence electrons.